The van der Waals surface area contributed by atoms with Gasteiger partial charge in [-0.05, 0) is 0 Å². The molecule has 1 fully saturated rings. The van der Waals surface area contributed by atoms with Crippen LogP contribution in [-0.4, -0.2) is 100 Å². The van der Waals surface area contributed by atoms with Crippen LogP contribution < -0.4 is 5.32 Å². The first kappa shape index (κ1) is 18.8. The van der Waals surface area contributed by atoms with E-state index in [0.717, 1.165) is 0 Å². The largest absolute Gasteiger partial charge is 0.394 e. The Hall–Kier alpha value is -1.93. The number of anilines is 1. The highest BCUT2D eigenvalue weighted by molar-refractivity contribution is 5.82. The molecule has 1 saturated heterocycles. The maximum absolute atomic E-state index is 10.1. The molecule has 0 aromatic carbocycles. The van der Waals surface area contributed by atoms with Crippen molar-refractivity contribution in [2.45, 2.75) is 36.7 Å². The first-order valence-electron chi connectivity index (χ1n) is 7.98. The van der Waals surface area contributed by atoms with Gasteiger partial charge < -0.3 is 40.7 Å². The van der Waals surface area contributed by atoms with Crippen molar-refractivity contribution < 1.29 is 35.4 Å². The SMILES string of the molecule is OCC(O)C(O)CNc1ncnc2c1ncn2[C@@H]1O[C@H](CO)[C@@H](O)[C@H]1O. The van der Waals surface area contributed by atoms with Crippen LogP contribution in [-0.2, 0) is 4.74 Å². The molecule has 0 aliphatic carbocycles. The highest BCUT2D eigenvalue weighted by atomic mass is 16.6. The van der Waals surface area contributed by atoms with E-state index >= 15 is 0 Å². The minimum atomic E-state index is -1.30. The lowest BCUT2D eigenvalue weighted by molar-refractivity contribution is -0.0511. The van der Waals surface area contributed by atoms with E-state index in [1.54, 1.807) is 0 Å². The van der Waals surface area contributed by atoms with Crippen molar-refractivity contribution in [2.75, 3.05) is 25.1 Å². The van der Waals surface area contributed by atoms with Crippen LogP contribution in [0.5, 0.6) is 0 Å². The Bertz CT molecular complexity index is 744. The van der Waals surface area contributed by atoms with Gasteiger partial charge in [0.25, 0.3) is 0 Å². The summed E-state index contributed by atoms with van der Waals surface area (Å²) in [4.78, 5) is 12.3. The van der Waals surface area contributed by atoms with Crippen LogP contribution in [0.1, 0.15) is 6.23 Å². The van der Waals surface area contributed by atoms with Crippen LogP contribution in [0.2, 0.25) is 0 Å². The predicted molar refractivity (Wildman–Crippen MR) is 85.9 cm³/mol. The summed E-state index contributed by atoms with van der Waals surface area (Å²) in [6.45, 7) is -1.12. The zero-order valence-electron chi connectivity index (χ0n) is 13.6. The molecule has 0 saturated carbocycles. The molecule has 0 radical (unpaired) electrons. The number of nitrogens with zero attached hydrogens (tertiary/aromatic N) is 4. The molecule has 2 unspecified atom stereocenters. The Morgan fingerprint density at radius 1 is 1.12 bits per heavy atom. The summed E-state index contributed by atoms with van der Waals surface area (Å²) >= 11 is 0. The van der Waals surface area contributed by atoms with E-state index in [4.69, 9.17) is 9.84 Å². The van der Waals surface area contributed by atoms with Crippen molar-refractivity contribution in [3.05, 3.63) is 12.7 Å². The van der Waals surface area contributed by atoms with Gasteiger partial charge in [-0.15, -0.1) is 0 Å². The summed E-state index contributed by atoms with van der Waals surface area (Å²) in [5.41, 5.74) is 0.616. The molecule has 3 heterocycles. The second-order valence-corrected chi connectivity index (χ2v) is 5.97. The molecule has 12 heteroatoms. The fraction of sp³-hybridized carbons (Fsp3) is 0.643. The van der Waals surface area contributed by atoms with Gasteiger partial charge in [0.1, 0.15) is 30.7 Å². The number of ether oxygens (including phenoxy) is 1. The molecular weight excluding hydrogens is 350 g/mol. The number of hydrogen-bond acceptors (Lipinski definition) is 11. The number of fused-ring (bicyclic) bond motifs is 1. The van der Waals surface area contributed by atoms with Crippen LogP contribution in [0.25, 0.3) is 11.2 Å². The van der Waals surface area contributed by atoms with Gasteiger partial charge in [0.15, 0.2) is 23.2 Å². The molecule has 12 nitrogen and oxygen atoms in total. The molecule has 0 bridgehead atoms. The van der Waals surface area contributed by atoms with Gasteiger partial charge >= 0.3 is 0 Å². The third-order valence-electron chi connectivity index (χ3n) is 4.26. The average Bonchev–Trinajstić information content (AvgIpc) is 3.20. The van der Waals surface area contributed by atoms with E-state index in [2.05, 4.69) is 20.3 Å². The smallest absolute Gasteiger partial charge is 0.167 e. The summed E-state index contributed by atoms with van der Waals surface area (Å²) in [5, 5.41) is 60.0. The van der Waals surface area contributed by atoms with Crippen molar-refractivity contribution in [1.29, 1.82) is 0 Å². The lowest BCUT2D eigenvalue weighted by Crippen LogP contribution is -2.35. The van der Waals surface area contributed by atoms with Crippen molar-refractivity contribution in [1.82, 2.24) is 19.5 Å². The monoisotopic (exact) mass is 371 g/mol. The number of nitrogens with one attached hydrogen (secondary N) is 1. The van der Waals surface area contributed by atoms with Gasteiger partial charge in [-0.25, -0.2) is 15.0 Å². The zero-order chi connectivity index (χ0) is 18.8. The van der Waals surface area contributed by atoms with Crippen LogP contribution in [0, 0.1) is 0 Å². The average molecular weight is 371 g/mol. The molecule has 1 aliphatic rings. The maximum Gasteiger partial charge on any atom is 0.167 e. The third-order valence-corrected chi connectivity index (χ3v) is 4.26. The number of imidazole rings is 1. The second-order valence-electron chi connectivity index (χ2n) is 5.97. The molecule has 144 valence electrons. The minimum absolute atomic E-state index is 0.0887. The predicted octanol–water partition coefficient (Wildman–Crippen LogP) is -3.44. The van der Waals surface area contributed by atoms with E-state index in [-0.39, 0.29) is 12.4 Å². The van der Waals surface area contributed by atoms with E-state index in [1.807, 2.05) is 0 Å². The Kier molecular flexibility index (Phi) is 5.62. The molecule has 2 aromatic heterocycles. The molecule has 2 aromatic rings. The summed E-state index contributed by atoms with van der Waals surface area (Å²) in [6, 6.07) is 0. The Morgan fingerprint density at radius 3 is 2.54 bits per heavy atom. The Balaban J connectivity index is 1.83. The fourth-order valence-corrected chi connectivity index (χ4v) is 2.74. The van der Waals surface area contributed by atoms with E-state index in [0.29, 0.717) is 11.2 Å². The first-order chi connectivity index (χ1) is 12.5. The summed E-state index contributed by atoms with van der Waals surface area (Å²) < 4.78 is 6.87. The minimum Gasteiger partial charge on any atom is -0.394 e. The summed E-state index contributed by atoms with van der Waals surface area (Å²) in [5.74, 6) is 0.268. The number of aliphatic hydroxyl groups excluding tert-OH is 6. The summed E-state index contributed by atoms with van der Waals surface area (Å²) in [6.07, 6.45) is -4.37. The Morgan fingerprint density at radius 2 is 1.88 bits per heavy atom. The van der Waals surface area contributed by atoms with Gasteiger partial charge in [0, 0.05) is 6.54 Å². The third kappa shape index (κ3) is 3.35. The molecule has 3 rings (SSSR count). The highest BCUT2D eigenvalue weighted by Gasteiger charge is 2.44. The van der Waals surface area contributed by atoms with E-state index < -0.39 is 50.0 Å². The van der Waals surface area contributed by atoms with Gasteiger partial charge in [-0.2, -0.15) is 0 Å². The van der Waals surface area contributed by atoms with Crippen molar-refractivity contribution >= 4 is 17.0 Å². The molecule has 7 N–H and O–H groups in total. The van der Waals surface area contributed by atoms with Crippen LogP contribution in [0.4, 0.5) is 5.82 Å². The highest BCUT2D eigenvalue weighted by Crippen LogP contribution is 2.32. The topological polar surface area (TPSA) is 186 Å². The van der Waals surface area contributed by atoms with Crippen LogP contribution >= 0.6 is 0 Å². The second kappa shape index (κ2) is 7.75. The molecule has 26 heavy (non-hydrogen) atoms. The quantitative estimate of drug-likeness (QED) is 0.257. The lowest BCUT2D eigenvalue weighted by Gasteiger charge is -2.17. The van der Waals surface area contributed by atoms with Gasteiger partial charge in [0.05, 0.1) is 25.6 Å². The molecule has 6 atom stereocenters. The first-order valence-corrected chi connectivity index (χ1v) is 7.98. The standard InChI is InChI=1S/C14H21N5O7/c20-2-7(23)6(22)1-15-12-9-13(17-4-16-12)19(5-18-9)14-11(25)10(24)8(3-21)26-14/h4-8,10-11,14,20-25H,1-3H2,(H,15,16,17)/t6?,7?,8-,10-,11-,14-/m1/s1. The summed E-state index contributed by atoms with van der Waals surface area (Å²) in [7, 11) is 0. The van der Waals surface area contributed by atoms with E-state index in [1.165, 1.54) is 17.2 Å². The van der Waals surface area contributed by atoms with Crippen molar-refractivity contribution in [2.24, 2.45) is 0 Å². The number of aliphatic hydroxyl groups is 6. The van der Waals surface area contributed by atoms with Crippen molar-refractivity contribution in [3.63, 3.8) is 0 Å². The Labute approximate surface area is 147 Å². The fourth-order valence-electron chi connectivity index (χ4n) is 2.74. The van der Waals surface area contributed by atoms with Gasteiger partial charge in [0.2, 0.25) is 0 Å². The molecule has 1 aliphatic heterocycles. The number of rotatable bonds is 7. The van der Waals surface area contributed by atoms with Gasteiger partial charge in [-0.1, -0.05) is 0 Å². The number of hydrogen-bond donors (Lipinski definition) is 7. The van der Waals surface area contributed by atoms with Crippen LogP contribution in [0.3, 0.4) is 0 Å². The zero-order valence-corrected chi connectivity index (χ0v) is 13.6. The maximum atomic E-state index is 10.1. The molecule has 0 spiro atoms. The normalized spacial score (nSPS) is 28.4. The number of aromatic nitrogens is 4. The van der Waals surface area contributed by atoms with Gasteiger partial charge in [-0.3, -0.25) is 4.57 Å². The lowest BCUT2D eigenvalue weighted by atomic mass is 10.1. The van der Waals surface area contributed by atoms with Crippen LogP contribution in [0.15, 0.2) is 12.7 Å². The molecular formula is C14H21N5O7. The van der Waals surface area contributed by atoms with E-state index in [9.17, 15) is 25.5 Å². The molecule has 0 amide bonds. The van der Waals surface area contributed by atoms with Crippen molar-refractivity contribution in [3.8, 4) is 0 Å².